The first-order valence-electron chi connectivity index (χ1n) is 31.3. The maximum absolute atomic E-state index is 2.81. The smallest absolute Gasteiger partial charge is 0.333 e. The fourth-order valence-electron chi connectivity index (χ4n) is 16.8. The number of hydrogen-bond acceptors (Lipinski definition) is 1. The molecular weight excluding hydrogens is 990 g/mol. The third-order valence-corrected chi connectivity index (χ3v) is 21.0. The van der Waals surface area contributed by atoms with Gasteiger partial charge in [0, 0.05) is 49.9 Å². The molecule has 4 saturated carbocycles. The van der Waals surface area contributed by atoms with Gasteiger partial charge in [0.15, 0.2) is 0 Å². The van der Waals surface area contributed by atoms with Gasteiger partial charge in [-0.05, 0) is 223 Å². The van der Waals surface area contributed by atoms with Crippen molar-refractivity contribution >= 4 is 72.8 Å². The molecule has 0 spiro atoms. The molecule has 4 heteroatoms. The minimum absolute atomic E-state index is 0.00813. The summed E-state index contributed by atoms with van der Waals surface area (Å²) in [5.41, 5.74) is 27.1. The highest BCUT2D eigenvalue weighted by atomic mass is 15.1. The van der Waals surface area contributed by atoms with Crippen molar-refractivity contribution in [2.75, 3.05) is 4.81 Å². The van der Waals surface area contributed by atoms with Crippen molar-refractivity contribution in [3.05, 3.63) is 179 Å². The van der Waals surface area contributed by atoms with Crippen molar-refractivity contribution in [2.45, 2.75) is 175 Å². The lowest BCUT2D eigenvalue weighted by molar-refractivity contribution is -0.00516. The van der Waals surface area contributed by atoms with E-state index in [1.54, 1.807) is 5.56 Å². The zero-order valence-electron chi connectivity index (χ0n) is 51.8. The summed E-state index contributed by atoms with van der Waals surface area (Å²) in [5, 5.41) is 5.31. The van der Waals surface area contributed by atoms with Crippen molar-refractivity contribution in [3.8, 4) is 33.6 Å². The van der Waals surface area contributed by atoms with Crippen LogP contribution in [0.15, 0.2) is 146 Å². The second-order valence-corrected chi connectivity index (χ2v) is 31.8. The van der Waals surface area contributed by atoms with Crippen LogP contribution in [0, 0.1) is 17.8 Å². The Balaban J connectivity index is 1.08. The zero-order chi connectivity index (χ0) is 57.1. The summed E-state index contributed by atoms with van der Waals surface area (Å²) in [5.74, 6) is 2.49. The van der Waals surface area contributed by atoms with Gasteiger partial charge in [-0.15, -0.1) is 0 Å². The molecule has 4 aliphatic carbocycles. The van der Waals surface area contributed by atoms with E-state index in [0.717, 1.165) is 17.8 Å². The molecule has 16 rings (SSSR count). The predicted octanol–water partition coefficient (Wildman–Crippen LogP) is 19.7. The SMILES string of the molecule is CC(C)(C)c1ccc(-c2ccc3c(c2)-c2cc(C45CC6CC(CC(C6)C4)C5)cc4c2B(c2cc(C(C)(C)C)cc5c6cc7c(cc6n-4c25)c2cc(C(C)(C)C)ccc2n7-c2ccc(C(C)(C)C)cc2)N3c2ccc(C(C)(C)C)cc2)cc1. The lowest BCUT2D eigenvalue weighted by atomic mass is 9.43. The third-order valence-electron chi connectivity index (χ3n) is 21.0. The minimum atomic E-state index is -0.106. The van der Waals surface area contributed by atoms with E-state index in [2.05, 4.69) is 263 Å². The number of benzene rings is 8. The van der Waals surface area contributed by atoms with Crippen LogP contribution in [0.4, 0.5) is 11.4 Å². The first-order valence-corrected chi connectivity index (χ1v) is 31.3. The second kappa shape index (κ2) is 17.2. The normalized spacial score (nSPS) is 20.5. The monoisotopic (exact) mass is 1070 g/mol. The summed E-state index contributed by atoms with van der Waals surface area (Å²) in [6.45, 7) is 35.2. The van der Waals surface area contributed by atoms with Gasteiger partial charge in [0.2, 0.25) is 0 Å². The molecule has 8 aromatic carbocycles. The van der Waals surface area contributed by atoms with Gasteiger partial charge >= 0.3 is 6.85 Å². The van der Waals surface area contributed by atoms with E-state index < -0.39 is 0 Å². The van der Waals surface area contributed by atoms with Gasteiger partial charge < -0.3 is 13.9 Å². The first-order chi connectivity index (χ1) is 38.7. The lowest BCUT2D eigenvalue weighted by Crippen LogP contribution is -2.61. The molecule has 0 amide bonds. The molecule has 4 bridgehead atoms. The molecule has 6 aliphatic rings. The number of anilines is 2. The van der Waals surface area contributed by atoms with Gasteiger partial charge in [-0.3, -0.25) is 0 Å². The Morgan fingerprint density at radius 1 is 0.378 bits per heavy atom. The molecule has 0 N–H and O–H groups in total. The largest absolute Gasteiger partial charge is 0.376 e. The Labute approximate surface area is 489 Å². The van der Waals surface area contributed by atoms with Crippen LogP contribution in [0.5, 0.6) is 0 Å². The highest BCUT2D eigenvalue weighted by Crippen LogP contribution is 2.62. The average molecular weight is 1070 g/mol. The van der Waals surface area contributed by atoms with E-state index in [-0.39, 0.29) is 39.3 Å². The van der Waals surface area contributed by atoms with E-state index in [1.807, 2.05) is 0 Å². The standard InChI is InChI=1S/C78H84BN3/c1-73(2,3)51-19-16-49(17-20-51)50-18-30-67-59(35-50)63-38-56(78-43-46-32-47(44-78)34-48(33-46)45-78)40-70-71(63)79(82(67)58-28-23-53(24-29-58)75(7,8)9)65-39-55(77(13,14)15)37-64-62-42-68-61(41-69(62)81(70)72(64)65)60-36-54(76(10,11)12)25-31-66(60)80(68)57-26-21-52(22-27-57)74(4,5)6/h16-31,35-42,46-48H,32-34,43-45H2,1-15H3. The number of aromatic nitrogens is 2. The molecule has 2 aromatic heterocycles. The van der Waals surface area contributed by atoms with Crippen LogP contribution >= 0.6 is 0 Å². The molecule has 2 aliphatic heterocycles. The summed E-state index contributed by atoms with van der Waals surface area (Å²) >= 11 is 0. The van der Waals surface area contributed by atoms with Crippen LogP contribution < -0.4 is 15.7 Å². The van der Waals surface area contributed by atoms with Crippen LogP contribution in [0.1, 0.15) is 176 Å². The van der Waals surface area contributed by atoms with Gasteiger partial charge in [0.1, 0.15) is 0 Å². The van der Waals surface area contributed by atoms with Gasteiger partial charge in [-0.25, -0.2) is 0 Å². The molecule has 3 nitrogen and oxygen atoms in total. The van der Waals surface area contributed by atoms with Gasteiger partial charge in [-0.1, -0.05) is 177 Å². The minimum Gasteiger partial charge on any atom is -0.376 e. The van der Waals surface area contributed by atoms with Crippen LogP contribution in [0.2, 0.25) is 0 Å². The Morgan fingerprint density at radius 2 is 0.854 bits per heavy atom. The highest BCUT2D eigenvalue weighted by molar-refractivity contribution is 6.93. The first kappa shape index (κ1) is 52.1. The number of rotatable bonds is 4. The van der Waals surface area contributed by atoms with Crippen molar-refractivity contribution < 1.29 is 0 Å². The Hall–Kier alpha value is -6.78. The summed E-state index contributed by atoms with van der Waals surface area (Å²) in [6, 6.07) is 59.4. The summed E-state index contributed by atoms with van der Waals surface area (Å²) < 4.78 is 5.38. The maximum atomic E-state index is 2.81. The summed E-state index contributed by atoms with van der Waals surface area (Å²) in [4.78, 5) is 2.76. The molecule has 82 heavy (non-hydrogen) atoms. The van der Waals surface area contributed by atoms with E-state index in [4.69, 9.17) is 0 Å². The van der Waals surface area contributed by atoms with Crippen LogP contribution in [-0.2, 0) is 32.5 Å². The fourth-order valence-corrected chi connectivity index (χ4v) is 16.8. The average Bonchev–Trinajstić information content (AvgIpc) is 4.13. The Morgan fingerprint density at radius 3 is 1.41 bits per heavy atom. The van der Waals surface area contributed by atoms with E-state index in [0.29, 0.717) is 0 Å². The second-order valence-electron chi connectivity index (χ2n) is 31.8. The molecule has 4 heterocycles. The quantitative estimate of drug-likeness (QED) is 0.160. The molecule has 0 atom stereocenters. The summed E-state index contributed by atoms with van der Waals surface area (Å²) in [7, 11) is 0. The molecule has 414 valence electrons. The van der Waals surface area contributed by atoms with E-state index in [1.165, 1.54) is 166 Å². The fraction of sp³-hybridized carbons (Fsp3) is 0.385. The third kappa shape index (κ3) is 7.88. The van der Waals surface area contributed by atoms with Crippen LogP contribution in [0.3, 0.4) is 0 Å². The van der Waals surface area contributed by atoms with Gasteiger partial charge in [-0.2, -0.15) is 0 Å². The Bertz CT molecular complexity index is 4260. The van der Waals surface area contributed by atoms with Crippen LogP contribution in [0.25, 0.3) is 77.2 Å². The van der Waals surface area contributed by atoms with Crippen molar-refractivity contribution in [1.82, 2.24) is 9.13 Å². The lowest BCUT2D eigenvalue weighted by Gasteiger charge is -2.57. The van der Waals surface area contributed by atoms with Gasteiger partial charge in [0.05, 0.1) is 22.1 Å². The topological polar surface area (TPSA) is 13.1 Å². The molecule has 0 radical (unpaired) electrons. The molecule has 0 saturated heterocycles. The number of fused-ring (bicyclic) bond motifs is 10. The van der Waals surface area contributed by atoms with Crippen molar-refractivity contribution in [1.29, 1.82) is 0 Å². The predicted molar refractivity (Wildman–Crippen MR) is 353 cm³/mol. The molecule has 0 unspecified atom stereocenters. The van der Waals surface area contributed by atoms with Crippen molar-refractivity contribution in [2.24, 2.45) is 17.8 Å². The number of nitrogens with zero attached hydrogens (tertiary/aromatic N) is 3. The van der Waals surface area contributed by atoms with E-state index in [9.17, 15) is 0 Å². The van der Waals surface area contributed by atoms with E-state index >= 15 is 0 Å². The van der Waals surface area contributed by atoms with Crippen molar-refractivity contribution in [3.63, 3.8) is 0 Å². The molecule has 10 aromatic rings. The summed E-state index contributed by atoms with van der Waals surface area (Å²) in [6.07, 6.45) is 8.24. The zero-order valence-corrected chi connectivity index (χ0v) is 51.8. The van der Waals surface area contributed by atoms with Gasteiger partial charge in [0.25, 0.3) is 0 Å². The maximum Gasteiger partial charge on any atom is 0.333 e. The highest BCUT2D eigenvalue weighted by Gasteiger charge is 2.53. The Kier molecular flexibility index (Phi) is 10.9. The number of hydrogen-bond donors (Lipinski definition) is 0. The van der Waals surface area contributed by atoms with Crippen LogP contribution in [-0.4, -0.2) is 16.0 Å². The molecule has 4 fully saturated rings. The molecular formula is C78H84BN3.